The van der Waals surface area contributed by atoms with E-state index in [1.807, 2.05) is 0 Å². The monoisotopic (exact) mass is 559 g/mol. The number of carbonyl (C=O) groups excluding carboxylic acids is 4. The lowest BCUT2D eigenvalue weighted by Gasteiger charge is -2.25. The van der Waals surface area contributed by atoms with Crippen LogP contribution >= 0.6 is 0 Å². The number of amides is 4. The summed E-state index contributed by atoms with van der Waals surface area (Å²) >= 11 is 0. The maximum absolute atomic E-state index is 13.3. The van der Waals surface area contributed by atoms with Gasteiger partial charge in [-0.15, -0.1) is 0 Å². The normalized spacial score (nSPS) is 13.7. The number of carboxylic acids is 2. The number of hydrogen-bond acceptors (Lipinski definition) is 8. The van der Waals surface area contributed by atoms with Crippen molar-refractivity contribution in [1.29, 1.82) is 0 Å². The van der Waals surface area contributed by atoms with Crippen LogP contribution in [0, 0.1) is 0 Å². The quantitative estimate of drug-likeness (QED) is 0.108. The first kappa shape index (κ1) is 31.4. The molecular weight excluding hydrogens is 526 g/mol. The van der Waals surface area contributed by atoms with Crippen molar-refractivity contribution in [2.75, 3.05) is 0 Å². The van der Waals surface area contributed by atoms with Crippen LogP contribution in [-0.4, -0.2) is 79.9 Å². The van der Waals surface area contributed by atoms with Crippen LogP contribution < -0.4 is 27.4 Å². The van der Waals surface area contributed by atoms with Gasteiger partial charge in [0.2, 0.25) is 23.6 Å². The summed E-state index contributed by atoms with van der Waals surface area (Å²) in [7, 11) is 0. The van der Waals surface area contributed by atoms with Crippen LogP contribution in [0.4, 0.5) is 0 Å². The highest BCUT2D eigenvalue weighted by Crippen LogP contribution is 2.08. The molecule has 0 bridgehead atoms. The van der Waals surface area contributed by atoms with Gasteiger partial charge in [0.1, 0.15) is 18.1 Å². The molecule has 1 heterocycles. The molecule has 2 rings (SSSR count). The molecule has 0 fully saturated rings. The Bertz CT molecular complexity index is 1170. The van der Waals surface area contributed by atoms with E-state index in [1.165, 1.54) is 12.5 Å². The van der Waals surface area contributed by atoms with Crippen molar-refractivity contribution >= 4 is 35.6 Å². The van der Waals surface area contributed by atoms with Crippen LogP contribution in [0.1, 0.15) is 36.9 Å². The summed E-state index contributed by atoms with van der Waals surface area (Å²) in [6.07, 6.45) is 1.58. The smallest absolute Gasteiger partial charge is 0.326 e. The van der Waals surface area contributed by atoms with Gasteiger partial charge in [-0.1, -0.05) is 30.3 Å². The molecule has 0 aliphatic carbocycles. The van der Waals surface area contributed by atoms with Gasteiger partial charge >= 0.3 is 11.9 Å². The number of primary amides is 1. The Morgan fingerprint density at radius 1 is 0.825 bits per heavy atom. The summed E-state index contributed by atoms with van der Waals surface area (Å²) in [6, 6.07) is 3.31. The molecule has 1 aromatic carbocycles. The van der Waals surface area contributed by atoms with Crippen molar-refractivity contribution in [3.05, 3.63) is 54.1 Å². The number of benzene rings is 1. The van der Waals surface area contributed by atoms with Gasteiger partial charge in [0.25, 0.3) is 0 Å². The Hall–Kier alpha value is -4.79. The summed E-state index contributed by atoms with van der Waals surface area (Å²) in [4.78, 5) is 79.7. The minimum atomic E-state index is -1.52. The fourth-order valence-corrected chi connectivity index (χ4v) is 3.69. The van der Waals surface area contributed by atoms with Crippen molar-refractivity contribution in [1.82, 2.24) is 25.9 Å². The summed E-state index contributed by atoms with van der Waals surface area (Å²) in [5.74, 6) is -5.84. The Labute approximate surface area is 229 Å². The summed E-state index contributed by atoms with van der Waals surface area (Å²) < 4.78 is 0. The number of carboxylic acid groups (broad SMARTS) is 2. The molecule has 0 radical (unpaired) electrons. The number of rotatable bonds is 17. The predicted molar refractivity (Wildman–Crippen MR) is 139 cm³/mol. The van der Waals surface area contributed by atoms with Crippen LogP contribution in [0.3, 0.4) is 0 Å². The van der Waals surface area contributed by atoms with Crippen LogP contribution in [0.5, 0.6) is 0 Å². The number of nitrogens with two attached hydrogens (primary N) is 2. The number of hydrogen-bond donors (Lipinski definition) is 8. The molecule has 2 aromatic rings. The van der Waals surface area contributed by atoms with E-state index in [9.17, 15) is 33.9 Å². The Balaban J connectivity index is 2.21. The largest absolute Gasteiger partial charge is 0.481 e. The maximum atomic E-state index is 13.3. The first-order chi connectivity index (χ1) is 19.0. The fourth-order valence-electron chi connectivity index (χ4n) is 3.69. The van der Waals surface area contributed by atoms with Gasteiger partial charge in [-0.3, -0.25) is 24.0 Å². The number of aromatic amines is 1. The number of carbonyl (C=O) groups is 6. The number of imidazole rings is 1. The topological polar surface area (TPSA) is 260 Å². The molecule has 0 saturated carbocycles. The third-order valence-electron chi connectivity index (χ3n) is 5.82. The zero-order valence-electron chi connectivity index (χ0n) is 21.5. The molecule has 0 saturated heterocycles. The van der Waals surface area contributed by atoms with Crippen molar-refractivity contribution in [2.24, 2.45) is 11.5 Å². The predicted octanol–water partition coefficient (Wildman–Crippen LogP) is -1.81. The third kappa shape index (κ3) is 10.9. The second kappa shape index (κ2) is 15.6. The number of aliphatic carboxylic acids is 2. The molecule has 216 valence electrons. The van der Waals surface area contributed by atoms with Gasteiger partial charge < -0.3 is 42.6 Å². The standard InChI is InChI=1S/C25H33N7O8/c26-16(11-15-12-28-13-29-15)22(36)30-17(6-8-20(27)33)23(37)32-19(10-14-4-2-1-3-5-14)24(38)31-18(25(39)40)7-9-21(34)35/h1-5,12-13,16-19H,6-11,26H2,(H2,27,33)(H,28,29)(H,30,36)(H,31,38)(H,32,37)(H,34,35)(H,39,40). The molecule has 1 aromatic heterocycles. The third-order valence-corrected chi connectivity index (χ3v) is 5.82. The van der Waals surface area contributed by atoms with Crippen molar-refractivity contribution in [3.8, 4) is 0 Å². The van der Waals surface area contributed by atoms with Crippen LogP contribution in [0.2, 0.25) is 0 Å². The van der Waals surface area contributed by atoms with Gasteiger partial charge in [0, 0.05) is 37.6 Å². The minimum Gasteiger partial charge on any atom is -0.481 e. The average molecular weight is 560 g/mol. The minimum absolute atomic E-state index is 0.0560. The molecule has 40 heavy (non-hydrogen) atoms. The van der Waals surface area contributed by atoms with E-state index in [1.54, 1.807) is 30.3 Å². The highest BCUT2D eigenvalue weighted by molar-refractivity contribution is 5.94. The molecule has 15 nitrogen and oxygen atoms in total. The molecule has 0 aliphatic rings. The molecule has 4 unspecified atom stereocenters. The maximum Gasteiger partial charge on any atom is 0.326 e. The van der Waals surface area contributed by atoms with Crippen LogP contribution in [-0.2, 0) is 41.6 Å². The molecule has 15 heteroatoms. The van der Waals surface area contributed by atoms with Crippen LogP contribution in [0.15, 0.2) is 42.9 Å². The second-order valence-electron chi connectivity index (χ2n) is 9.04. The average Bonchev–Trinajstić information content (AvgIpc) is 3.41. The number of nitrogens with one attached hydrogen (secondary N) is 4. The highest BCUT2D eigenvalue weighted by Gasteiger charge is 2.31. The Kier molecular flexibility index (Phi) is 12.2. The SMILES string of the molecule is NC(=O)CCC(NC(=O)C(N)Cc1cnc[nH]1)C(=O)NC(Cc1ccccc1)C(=O)NC(CCC(=O)O)C(=O)O. The molecule has 4 atom stereocenters. The van der Waals surface area contributed by atoms with E-state index in [0.717, 1.165) is 0 Å². The Morgan fingerprint density at radius 3 is 2.00 bits per heavy atom. The van der Waals surface area contributed by atoms with E-state index in [-0.39, 0.29) is 32.1 Å². The summed E-state index contributed by atoms with van der Waals surface area (Å²) in [5.41, 5.74) is 12.4. The van der Waals surface area contributed by atoms with E-state index in [2.05, 4.69) is 25.9 Å². The summed E-state index contributed by atoms with van der Waals surface area (Å²) in [6.45, 7) is 0. The van der Waals surface area contributed by atoms with E-state index >= 15 is 0 Å². The van der Waals surface area contributed by atoms with E-state index in [4.69, 9.17) is 16.6 Å². The lowest BCUT2D eigenvalue weighted by Crippen LogP contribution is -2.58. The molecular formula is C25H33N7O8. The molecule has 0 spiro atoms. The van der Waals surface area contributed by atoms with Crippen molar-refractivity contribution in [2.45, 2.75) is 62.7 Å². The van der Waals surface area contributed by atoms with Gasteiger partial charge in [-0.05, 0) is 18.4 Å². The lowest BCUT2D eigenvalue weighted by molar-refractivity contribution is -0.143. The highest BCUT2D eigenvalue weighted by atomic mass is 16.4. The number of H-pyrrole nitrogens is 1. The van der Waals surface area contributed by atoms with E-state index in [0.29, 0.717) is 11.3 Å². The fraction of sp³-hybridized carbons (Fsp3) is 0.400. The molecule has 0 aliphatic heterocycles. The zero-order valence-corrected chi connectivity index (χ0v) is 21.5. The van der Waals surface area contributed by atoms with Gasteiger partial charge in [-0.2, -0.15) is 0 Å². The first-order valence-electron chi connectivity index (χ1n) is 12.4. The van der Waals surface area contributed by atoms with Crippen molar-refractivity contribution in [3.63, 3.8) is 0 Å². The second-order valence-corrected chi connectivity index (χ2v) is 9.04. The number of aromatic nitrogens is 2. The van der Waals surface area contributed by atoms with Crippen LogP contribution in [0.25, 0.3) is 0 Å². The lowest BCUT2D eigenvalue weighted by atomic mass is 10.0. The van der Waals surface area contributed by atoms with Gasteiger partial charge in [0.05, 0.1) is 12.4 Å². The number of nitrogens with zero attached hydrogens (tertiary/aromatic N) is 1. The Morgan fingerprint density at radius 2 is 1.43 bits per heavy atom. The molecule has 4 amide bonds. The molecule has 10 N–H and O–H groups in total. The van der Waals surface area contributed by atoms with E-state index < -0.39 is 66.2 Å². The summed E-state index contributed by atoms with van der Waals surface area (Å²) in [5, 5.41) is 25.6. The first-order valence-corrected chi connectivity index (χ1v) is 12.4. The van der Waals surface area contributed by atoms with Gasteiger partial charge in [0.15, 0.2) is 0 Å². The zero-order chi connectivity index (χ0) is 29.7. The van der Waals surface area contributed by atoms with Crippen molar-refractivity contribution < 1.29 is 39.0 Å². The van der Waals surface area contributed by atoms with Gasteiger partial charge in [-0.25, -0.2) is 9.78 Å².